The van der Waals surface area contributed by atoms with E-state index < -0.39 is 46.8 Å². The van der Waals surface area contributed by atoms with Crippen LogP contribution >= 0.6 is 11.6 Å². The van der Waals surface area contributed by atoms with Gasteiger partial charge in [-0.1, -0.05) is 72.3 Å². The number of rotatable bonds is 9. The number of nitrogens with one attached hydrogen (secondary N) is 1. The molecule has 0 saturated heterocycles. The second kappa shape index (κ2) is 13.6. The van der Waals surface area contributed by atoms with E-state index in [0.29, 0.717) is 10.6 Å². The molecule has 1 heterocycles. The van der Waals surface area contributed by atoms with Gasteiger partial charge in [0.25, 0.3) is 5.76 Å². The number of hydrogen-bond donors (Lipinski definition) is 1. The molecule has 230 valence electrons. The van der Waals surface area contributed by atoms with Crippen molar-refractivity contribution in [2.24, 2.45) is 0 Å². The Morgan fingerprint density at radius 3 is 2.11 bits per heavy atom. The zero-order valence-corrected chi connectivity index (χ0v) is 23.9. The van der Waals surface area contributed by atoms with E-state index in [2.05, 4.69) is 5.32 Å². The van der Waals surface area contributed by atoms with Gasteiger partial charge < -0.3 is 23.9 Å². The van der Waals surface area contributed by atoms with Crippen LogP contribution in [0.3, 0.4) is 0 Å². The van der Waals surface area contributed by atoms with Crippen LogP contribution in [0.25, 0.3) is 11.0 Å². The zero-order valence-electron chi connectivity index (χ0n) is 23.2. The molecular weight excluding hydrogens is 615 g/mol. The first-order chi connectivity index (χ1) is 21.6. The number of hydrogen-bond acceptors (Lipinski definition) is 7. The second-order valence-corrected chi connectivity index (χ2v) is 10.1. The van der Waals surface area contributed by atoms with E-state index in [1.54, 1.807) is 54.6 Å². The highest BCUT2D eigenvalue weighted by molar-refractivity contribution is 6.30. The molecule has 0 spiro atoms. The molecule has 5 aromatic rings. The average molecular weight is 638 g/mol. The van der Waals surface area contributed by atoms with Crippen LogP contribution in [-0.2, 0) is 28.7 Å². The Labute approximate surface area is 258 Å². The summed E-state index contributed by atoms with van der Waals surface area (Å²) in [6.45, 7) is -0.0469. The highest BCUT2D eigenvalue weighted by atomic mass is 35.5. The van der Waals surface area contributed by atoms with Crippen molar-refractivity contribution in [2.45, 2.75) is 25.2 Å². The first-order valence-corrected chi connectivity index (χ1v) is 13.8. The maximum atomic E-state index is 14.0. The van der Waals surface area contributed by atoms with Crippen molar-refractivity contribution in [3.05, 3.63) is 135 Å². The third-order valence-corrected chi connectivity index (χ3v) is 6.66. The minimum Gasteiger partial charge on any atom is -0.449 e. The summed E-state index contributed by atoms with van der Waals surface area (Å²) >= 11 is 5.82. The van der Waals surface area contributed by atoms with Crippen LogP contribution in [0.1, 0.15) is 16.9 Å². The highest BCUT2D eigenvalue weighted by Gasteiger charge is 2.40. The quantitative estimate of drug-likeness (QED) is 0.130. The van der Waals surface area contributed by atoms with Gasteiger partial charge in [-0.2, -0.15) is 13.2 Å². The number of ether oxygens (including phenoxy) is 3. The molecule has 1 amide bonds. The summed E-state index contributed by atoms with van der Waals surface area (Å²) < 4.78 is 62.9. The van der Waals surface area contributed by atoms with Gasteiger partial charge in [0, 0.05) is 17.5 Å². The largest absolute Gasteiger partial charge is 0.453 e. The zero-order chi connectivity index (χ0) is 32.0. The molecule has 1 atom stereocenters. The molecule has 0 bridgehead atoms. The third-order valence-electron chi connectivity index (χ3n) is 6.40. The first-order valence-electron chi connectivity index (χ1n) is 13.4. The lowest BCUT2D eigenvalue weighted by Crippen LogP contribution is -2.44. The summed E-state index contributed by atoms with van der Waals surface area (Å²) in [7, 11) is 0. The summed E-state index contributed by atoms with van der Waals surface area (Å²) in [5.74, 6) is -3.98. The first kappa shape index (κ1) is 31.1. The van der Waals surface area contributed by atoms with E-state index in [4.69, 9.17) is 30.2 Å². The van der Waals surface area contributed by atoms with Crippen molar-refractivity contribution in [1.29, 1.82) is 0 Å². The lowest BCUT2D eigenvalue weighted by atomic mass is 10.1. The van der Waals surface area contributed by atoms with Gasteiger partial charge in [0.1, 0.15) is 29.7 Å². The van der Waals surface area contributed by atoms with Crippen molar-refractivity contribution in [1.82, 2.24) is 5.32 Å². The molecule has 1 aromatic heterocycles. The van der Waals surface area contributed by atoms with Crippen molar-refractivity contribution in [2.75, 3.05) is 0 Å². The minimum atomic E-state index is -5.10. The summed E-state index contributed by atoms with van der Waals surface area (Å²) in [6.07, 6.45) is -5.97. The number of benzene rings is 4. The molecular formula is C33H23ClF3NO7. The molecule has 12 heteroatoms. The Morgan fingerprint density at radius 1 is 0.844 bits per heavy atom. The number of amides is 1. The molecule has 5 rings (SSSR count). The number of alkyl carbamates (subject to hydrolysis) is 1. The number of esters is 1. The van der Waals surface area contributed by atoms with E-state index in [-0.39, 0.29) is 29.9 Å². The predicted octanol–water partition coefficient (Wildman–Crippen LogP) is 7.70. The van der Waals surface area contributed by atoms with Gasteiger partial charge >= 0.3 is 18.2 Å². The van der Waals surface area contributed by atoms with Gasteiger partial charge in [0.05, 0.1) is 5.39 Å². The minimum absolute atomic E-state index is 0.0202. The number of carbonyl (C=O) groups is 2. The topological polar surface area (TPSA) is 104 Å². The molecule has 0 aliphatic rings. The average Bonchev–Trinajstić information content (AvgIpc) is 3.02. The van der Waals surface area contributed by atoms with Crippen molar-refractivity contribution in [3.8, 4) is 17.2 Å². The predicted molar refractivity (Wildman–Crippen MR) is 158 cm³/mol. The van der Waals surface area contributed by atoms with Crippen LogP contribution in [0.2, 0.25) is 5.02 Å². The molecule has 0 radical (unpaired) electrons. The van der Waals surface area contributed by atoms with Crippen molar-refractivity contribution in [3.63, 3.8) is 0 Å². The van der Waals surface area contributed by atoms with Crippen molar-refractivity contribution >= 4 is 34.6 Å². The van der Waals surface area contributed by atoms with Gasteiger partial charge in [-0.25, -0.2) is 9.59 Å². The fourth-order valence-corrected chi connectivity index (χ4v) is 4.38. The van der Waals surface area contributed by atoms with Crippen LogP contribution in [-0.4, -0.2) is 18.1 Å². The summed E-state index contributed by atoms with van der Waals surface area (Å²) in [6, 6.07) is 25.1. The van der Waals surface area contributed by atoms with Crippen LogP contribution in [0.5, 0.6) is 17.2 Å². The van der Waals surface area contributed by atoms with Crippen LogP contribution in [0.15, 0.2) is 112 Å². The molecule has 0 fully saturated rings. The summed E-state index contributed by atoms with van der Waals surface area (Å²) in [5.41, 5.74) is -0.181. The molecule has 0 aliphatic heterocycles. The Hall–Kier alpha value is -5.29. The second-order valence-electron chi connectivity index (χ2n) is 9.67. The van der Waals surface area contributed by atoms with E-state index in [1.807, 2.05) is 6.07 Å². The lowest BCUT2D eigenvalue weighted by molar-refractivity contribution is -0.154. The maximum Gasteiger partial charge on any atom is 0.453 e. The Balaban J connectivity index is 1.39. The Morgan fingerprint density at radius 2 is 1.47 bits per heavy atom. The van der Waals surface area contributed by atoms with Gasteiger partial charge in [-0.05, 0) is 47.5 Å². The van der Waals surface area contributed by atoms with E-state index in [0.717, 1.165) is 17.7 Å². The number of fused-ring (bicyclic) bond motifs is 1. The van der Waals surface area contributed by atoms with E-state index in [1.165, 1.54) is 30.3 Å². The molecule has 0 unspecified atom stereocenters. The maximum absolute atomic E-state index is 14.0. The SMILES string of the molecule is O=C(N[C@H](Cc1ccccc1)C(=O)Oc1ccc2c(=O)c(Oc3ccc(Cl)cc3)c(C(F)(F)F)oc2c1)OCc1ccccc1. The third kappa shape index (κ3) is 8.01. The van der Waals surface area contributed by atoms with E-state index >= 15 is 0 Å². The smallest absolute Gasteiger partial charge is 0.449 e. The normalized spacial score (nSPS) is 11.9. The van der Waals surface area contributed by atoms with Crippen LogP contribution < -0.4 is 20.2 Å². The van der Waals surface area contributed by atoms with Crippen LogP contribution in [0, 0.1) is 0 Å². The molecule has 0 saturated carbocycles. The summed E-state index contributed by atoms with van der Waals surface area (Å²) in [5, 5.41) is 2.54. The Kier molecular flexibility index (Phi) is 9.39. The van der Waals surface area contributed by atoms with Gasteiger partial charge in [0.2, 0.25) is 11.2 Å². The molecule has 4 aromatic carbocycles. The fraction of sp³-hybridized carbons (Fsp3) is 0.121. The summed E-state index contributed by atoms with van der Waals surface area (Å²) in [4.78, 5) is 38.9. The number of carbonyl (C=O) groups excluding carboxylic acids is 2. The van der Waals surface area contributed by atoms with Gasteiger partial charge in [-0.3, -0.25) is 4.79 Å². The number of alkyl halides is 3. The van der Waals surface area contributed by atoms with Gasteiger partial charge in [0.15, 0.2) is 0 Å². The lowest BCUT2D eigenvalue weighted by Gasteiger charge is -2.18. The van der Waals surface area contributed by atoms with Crippen molar-refractivity contribution < 1.29 is 41.4 Å². The molecule has 1 N–H and O–H groups in total. The Bertz CT molecular complexity index is 1860. The van der Waals surface area contributed by atoms with E-state index in [9.17, 15) is 27.6 Å². The molecule has 45 heavy (non-hydrogen) atoms. The number of halogens is 4. The highest BCUT2D eigenvalue weighted by Crippen LogP contribution is 2.38. The fourth-order valence-electron chi connectivity index (χ4n) is 4.26. The molecule has 0 aliphatic carbocycles. The van der Waals surface area contributed by atoms with Crippen LogP contribution in [0.4, 0.5) is 18.0 Å². The monoisotopic (exact) mass is 637 g/mol. The van der Waals surface area contributed by atoms with Gasteiger partial charge in [-0.15, -0.1) is 0 Å². The standard InChI is InChI=1S/C33H23ClF3NO7/c34-22-11-13-23(14-12-22)43-29-28(39)25-16-15-24(18-27(25)45-30(29)33(35,36)37)44-31(40)26(17-20-7-3-1-4-8-20)38-32(41)42-19-21-9-5-2-6-10-21/h1-16,18,26H,17,19H2,(H,38,41)/t26-/m1/s1. The molecule has 8 nitrogen and oxygen atoms in total.